The van der Waals surface area contributed by atoms with Crippen molar-refractivity contribution in [2.75, 3.05) is 27.2 Å². The van der Waals surface area contributed by atoms with E-state index in [2.05, 4.69) is 0 Å². The van der Waals surface area contributed by atoms with Gasteiger partial charge in [-0.3, -0.25) is 0 Å². The molecule has 0 fully saturated rings. The molecule has 1 atom stereocenters. The van der Waals surface area contributed by atoms with Gasteiger partial charge in [-0.05, 0) is 25.7 Å². The van der Waals surface area contributed by atoms with Gasteiger partial charge in [0.2, 0.25) is 0 Å². The first-order valence-electron chi connectivity index (χ1n) is 4.74. The van der Waals surface area contributed by atoms with Crippen LogP contribution in [0.4, 0.5) is 4.39 Å². The Kier molecular flexibility index (Phi) is 4.04. The molecule has 0 bridgehead atoms. The molecular formula is C11H17FN2. The van der Waals surface area contributed by atoms with E-state index in [1.807, 2.05) is 25.1 Å². The molecule has 14 heavy (non-hydrogen) atoms. The molecule has 0 aliphatic carbocycles. The molecular weight excluding hydrogens is 179 g/mol. The molecule has 78 valence electrons. The van der Waals surface area contributed by atoms with Gasteiger partial charge in [0.15, 0.2) is 0 Å². The molecule has 1 unspecified atom stereocenters. The number of likely N-dealkylation sites (N-methyl/N-ethyl adjacent to an activating group) is 1. The van der Waals surface area contributed by atoms with E-state index < -0.39 is 0 Å². The highest BCUT2D eigenvalue weighted by Crippen LogP contribution is 2.18. The van der Waals surface area contributed by atoms with Crippen LogP contribution < -0.4 is 5.73 Å². The molecule has 0 aliphatic rings. The van der Waals surface area contributed by atoms with Gasteiger partial charge in [-0.2, -0.15) is 0 Å². The minimum Gasteiger partial charge on any atom is -0.330 e. The highest BCUT2D eigenvalue weighted by Gasteiger charge is 2.14. The Bertz CT molecular complexity index is 286. The zero-order chi connectivity index (χ0) is 10.6. The molecule has 1 rings (SSSR count). The second-order valence-electron chi connectivity index (χ2n) is 3.72. The number of nitrogens with zero attached hydrogens (tertiary/aromatic N) is 1. The van der Waals surface area contributed by atoms with Gasteiger partial charge in [-0.25, -0.2) is 4.39 Å². The van der Waals surface area contributed by atoms with E-state index in [0.29, 0.717) is 12.1 Å². The van der Waals surface area contributed by atoms with Gasteiger partial charge in [0.1, 0.15) is 5.82 Å². The highest BCUT2D eigenvalue weighted by molar-refractivity contribution is 5.22. The van der Waals surface area contributed by atoms with Gasteiger partial charge < -0.3 is 10.6 Å². The fraction of sp³-hybridized carbons (Fsp3) is 0.455. The van der Waals surface area contributed by atoms with Crippen LogP contribution in [0.2, 0.25) is 0 Å². The molecule has 0 saturated heterocycles. The van der Waals surface area contributed by atoms with Crippen molar-refractivity contribution in [2.45, 2.75) is 5.92 Å². The second-order valence-corrected chi connectivity index (χ2v) is 3.72. The quantitative estimate of drug-likeness (QED) is 0.789. The van der Waals surface area contributed by atoms with Gasteiger partial charge in [0.05, 0.1) is 0 Å². The predicted octanol–water partition coefficient (Wildman–Crippen LogP) is 1.43. The first-order valence-corrected chi connectivity index (χ1v) is 4.74. The van der Waals surface area contributed by atoms with Crippen molar-refractivity contribution in [3.63, 3.8) is 0 Å². The Morgan fingerprint density at radius 2 is 2.00 bits per heavy atom. The molecule has 0 spiro atoms. The van der Waals surface area contributed by atoms with E-state index in [1.54, 1.807) is 12.1 Å². The molecule has 0 amide bonds. The van der Waals surface area contributed by atoms with Crippen LogP contribution >= 0.6 is 0 Å². The lowest BCUT2D eigenvalue weighted by Crippen LogP contribution is -2.26. The topological polar surface area (TPSA) is 29.3 Å². The number of nitrogens with two attached hydrogens (primary N) is 1. The summed E-state index contributed by atoms with van der Waals surface area (Å²) in [7, 11) is 3.92. The normalized spacial score (nSPS) is 13.2. The van der Waals surface area contributed by atoms with Gasteiger partial charge in [0, 0.05) is 19.0 Å². The maximum absolute atomic E-state index is 13.4. The van der Waals surface area contributed by atoms with Gasteiger partial charge in [-0.1, -0.05) is 18.2 Å². The summed E-state index contributed by atoms with van der Waals surface area (Å²) in [5.41, 5.74) is 6.34. The number of rotatable bonds is 4. The molecule has 0 aliphatic heterocycles. The summed E-state index contributed by atoms with van der Waals surface area (Å²) in [4.78, 5) is 2.02. The third-order valence-corrected chi connectivity index (χ3v) is 2.22. The lowest BCUT2D eigenvalue weighted by Gasteiger charge is -2.20. The monoisotopic (exact) mass is 196 g/mol. The minimum atomic E-state index is -0.162. The molecule has 1 aromatic rings. The SMILES string of the molecule is CN(C)CC(CN)c1ccccc1F. The number of halogens is 1. The van der Waals surface area contributed by atoms with Crippen molar-refractivity contribution in [1.29, 1.82) is 0 Å². The van der Waals surface area contributed by atoms with Gasteiger partial charge in [0.25, 0.3) is 0 Å². The van der Waals surface area contributed by atoms with Crippen molar-refractivity contribution in [3.8, 4) is 0 Å². The third kappa shape index (κ3) is 2.79. The van der Waals surface area contributed by atoms with Crippen LogP contribution in [0.5, 0.6) is 0 Å². The van der Waals surface area contributed by atoms with Crippen molar-refractivity contribution >= 4 is 0 Å². The summed E-state index contributed by atoms with van der Waals surface area (Å²) in [6.45, 7) is 1.25. The van der Waals surface area contributed by atoms with Crippen LogP contribution in [-0.4, -0.2) is 32.1 Å². The first-order chi connectivity index (χ1) is 6.65. The standard InChI is InChI=1S/C11H17FN2/c1-14(2)8-9(7-13)10-5-3-4-6-11(10)12/h3-6,9H,7-8,13H2,1-2H3. The van der Waals surface area contributed by atoms with Crippen molar-refractivity contribution in [1.82, 2.24) is 4.90 Å². The zero-order valence-corrected chi connectivity index (χ0v) is 8.70. The molecule has 0 heterocycles. The summed E-state index contributed by atoms with van der Waals surface area (Å²) in [6, 6.07) is 6.82. The van der Waals surface area contributed by atoms with Crippen LogP contribution in [0.25, 0.3) is 0 Å². The maximum atomic E-state index is 13.4. The van der Waals surface area contributed by atoms with Crippen LogP contribution in [-0.2, 0) is 0 Å². The van der Waals surface area contributed by atoms with E-state index in [9.17, 15) is 4.39 Å². The number of hydrogen-bond donors (Lipinski definition) is 1. The Hall–Kier alpha value is -0.930. The first kappa shape index (κ1) is 11.1. The average molecular weight is 196 g/mol. The number of hydrogen-bond acceptors (Lipinski definition) is 2. The summed E-state index contributed by atoms with van der Waals surface area (Å²) in [5.74, 6) is -0.0870. The maximum Gasteiger partial charge on any atom is 0.126 e. The van der Waals surface area contributed by atoms with E-state index in [1.165, 1.54) is 6.07 Å². The van der Waals surface area contributed by atoms with Gasteiger partial charge in [-0.15, -0.1) is 0 Å². The summed E-state index contributed by atoms with van der Waals surface area (Å²) < 4.78 is 13.4. The fourth-order valence-corrected chi connectivity index (χ4v) is 1.55. The van der Waals surface area contributed by atoms with E-state index >= 15 is 0 Å². The molecule has 3 heteroatoms. The molecule has 2 N–H and O–H groups in total. The van der Waals surface area contributed by atoms with Crippen LogP contribution in [0, 0.1) is 5.82 Å². The van der Waals surface area contributed by atoms with Crippen molar-refractivity contribution in [2.24, 2.45) is 5.73 Å². The van der Waals surface area contributed by atoms with E-state index in [-0.39, 0.29) is 11.7 Å². The Labute approximate surface area is 84.5 Å². The van der Waals surface area contributed by atoms with Gasteiger partial charge >= 0.3 is 0 Å². The molecule has 0 radical (unpaired) electrons. The molecule has 0 saturated carbocycles. The van der Waals surface area contributed by atoms with E-state index in [0.717, 1.165) is 6.54 Å². The lowest BCUT2D eigenvalue weighted by molar-refractivity contribution is 0.370. The zero-order valence-electron chi connectivity index (χ0n) is 8.70. The predicted molar refractivity (Wildman–Crippen MR) is 56.7 cm³/mol. The van der Waals surface area contributed by atoms with Crippen LogP contribution in [0.15, 0.2) is 24.3 Å². The Balaban J connectivity index is 2.83. The summed E-state index contributed by atoms with van der Waals surface area (Å²) >= 11 is 0. The molecule has 0 aromatic heterocycles. The van der Waals surface area contributed by atoms with Crippen molar-refractivity contribution in [3.05, 3.63) is 35.6 Å². The fourth-order valence-electron chi connectivity index (χ4n) is 1.55. The molecule has 2 nitrogen and oxygen atoms in total. The third-order valence-electron chi connectivity index (χ3n) is 2.22. The Morgan fingerprint density at radius 3 is 2.50 bits per heavy atom. The summed E-state index contributed by atoms with van der Waals surface area (Å²) in [5, 5.41) is 0. The molecule has 1 aromatic carbocycles. The van der Waals surface area contributed by atoms with Crippen LogP contribution in [0.3, 0.4) is 0 Å². The van der Waals surface area contributed by atoms with Crippen molar-refractivity contribution < 1.29 is 4.39 Å². The highest BCUT2D eigenvalue weighted by atomic mass is 19.1. The summed E-state index contributed by atoms with van der Waals surface area (Å²) in [6.07, 6.45) is 0. The second kappa shape index (κ2) is 5.08. The smallest absolute Gasteiger partial charge is 0.126 e. The largest absolute Gasteiger partial charge is 0.330 e. The number of benzene rings is 1. The van der Waals surface area contributed by atoms with E-state index in [4.69, 9.17) is 5.73 Å². The average Bonchev–Trinajstić information content (AvgIpc) is 2.15. The Morgan fingerprint density at radius 1 is 1.36 bits per heavy atom. The lowest BCUT2D eigenvalue weighted by atomic mass is 9.98. The minimum absolute atomic E-state index is 0.0752. The van der Waals surface area contributed by atoms with Crippen LogP contribution in [0.1, 0.15) is 11.5 Å².